The normalized spacial score (nSPS) is 10.7. The number of carboxylic acid groups (broad SMARTS) is 1. The van der Waals surface area contributed by atoms with Crippen LogP contribution < -0.4 is 11.1 Å². The third kappa shape index (κ3) is 3.09. The van der Waals surface area contributed by atoms with Gasteiger partial charge in [0.1, 0.15) is 4.99 Å². The van der Waals surface area contributed by atoms with E-state index in [1.807, 2.05) is 43.4 Å². The van der Waals surface area contributed by atoms with E-state index in [9.17, 15) is 4.79 Å². The lowest BCUT2D eigenvalue weighted by Gasteiger charge is -2.08. The van der Waals surface area contributed by atoms with Crippen LogP contribution in [0.5, 0.6) is 0 Å². The van der Waals surface area contributed by atoms with E-state index in [0.29, 0.717) is 17.1 Å². The lowest BCUT2D eigenvalue weighted by molar-refractivity contribution is 0.0697. The average molecular weight is 339 g/mol. The van der Waals surface area contributed by atoms with E-state index in [4.69, 9.17) is 23.1 Å². The Kier molecular flexibility index (Phi) is 4.22. The molecule has 0 aliphatic rings. The highest BCUT2D eigenvalue weighted by molar-refractivity contribution is 7.80. The monoisotopic (exact) mass is 339 g/mol. The smallest absolute Gasteiger partial charge is 0.335 e. The number of anilines is 1. The first kappa shape index (κ1) is 16.0. The molecular formula is C18H17N3O2S. The van der Waals surface area contributed by atoms with E-state index in [1.54, 1.807) is 12.1 Å². The Balaban J connectivity index is 1.81. The minimum absolute atomic E-state index is 0.293. The third-order valence-corrected chi connectivity index (χ3v) is 4.27. The maximum atomic E-state index is 11.1. The summed E-state index contributed by atoms with van der Waals surface area (Å²) in [6.07, 6.45) is 0. The van der Waals surface area contributed by atoms with Crippen LogP contribution in [0, 0.1) is 0 Å². The Morgan fingerprint density at radius 3 is 2.46 bits per heavy atom. The van der Waals surface area contributed by atoms with Gasteiger partial charge in [0.05, 0.1) is 12.1 Å². The number of thiocarbonyl (C=S) groups is 1. The van der Waals surface area contributed by atoms with Crippen LogP contribution in [0.3, 0.4) is 0 Å². The number of nitrogens with one attached hydrogen (secondary N) is 1. The van der Waals surface area contributed by atoms with E-state index in [1.165, 1.54) is 0 Å². The van der Waals surface area contributed by atoms with Crippen LogP contribution in [-0.4, -0.2) is 20.6 Å². The highest BCUT2D eigenvalue weighted by atomic mass is 32.1. The van der Waals surface area contributed by atoms with Gasteiger partial charge in [-0.2, -0.15) is 0 Å². The molecular weight excluding hydrogens is 322 g/mol. The number of aromatic nitrogens is 1. The fraction of sp³-hybridized carbons (Fsp3) is 0.111. The molecule has 0 amide bonds. The molecule has 3 rings (SSSR count). The standard InChI is InChI=1S/C18H17N3O2S/c1-21-15(9-13-8-12(18(22)23)4-7-16(13)21)10-20-14-5-2-11(3-6-14)17(19)24/h2-9,20H,10H2,1H3,(H2,19,24)(H,22,23). The van der Waals surface area contributed by atoms with Crippen molar-refractivity contribution in [3.05, 3.63) is 65.4 Å². The van der Waals surface area contributed by atoms with E-state index in [-0.39, 0.29) is 0 Å². The van der Waals surface area contributed by atoms with Gasteiger partial charge in [0.15, 0.2) is 0 Å². The first-order valence-electron chi connectivity index (χ1n) is 7.41. The minimum atomic E-state index is -0.918. The second kappa shape index (κ2) is 6.33. The second-order valence-electron chi connectivity index (χ2n) is 5.57. The Hall–Kier alpha value is -2.86. The molecule has 0 aliphatic carbocycles. The molecule has 0 fully saturated rings. The molecule has 6 heteroatoms. The van der Waals surface area contributed by atoms with Crippen molar-refractivity contribution in [2.75, 3.05) is 5.32 Å². The van der Waals surface area contributed by atoms with Crippen molar-refractivity contribution in [2.45, 2.75) is 6.54 Å². The van der Waals surface area contributed by atoms with E-state index >= 15 is 0 Å². The van der Waals surface area contributed by atoms with Gasteiger partial charge >= 0.3 is 5.97 Å². The summed E-state index contributed by atoms with van der Waals surface area (Å²) in [5.74, 6) is -0.918. The number of carboxylic acids is 1. The zero-order chi connectivity index (χ0) is 17.3. The molecule has 0 spiro atoms. The molecule has 4 N–H and O–H groups in total. The summed E-state index contributed by atoms with van der Waals surface area (Å²) in [6.45, 7) is 0.625. The van der Waals surface area contributed by atoms with Crippen molar-refractivity contribution in [1.29, 1.82) is 0 Å². The van der Waals surface area contributed by atoms with Crippen LogP contribution in [0.25, 0.3) is 10.9 Å². The highest BCUT2D eigenvalue weighted by Crippen LogP contribution is 2.21. The van der Waals surface area contributed by atoms with Crippen molar-refractivity contribution in [2.24, 2.45) is 12.8 Å². The zero-order valence-corrected chi connectivity index (χ0v) is 13.9. The van der Waals surface area contributed by atoms with Crippen LogP contribution in [0.1, 0.15) is 21.6 Å². The number of nitrogens with zero attached hydrogens (tertiary/aromatic N) is 1. The summed E-state index contributed by atoms with van der Waals surface area (Å²) >= 11 is 4.94. The van der Waals surface area contributed by atoms with Crippen molar-refractivity contribution in [1.82, 2.24) is 4.57 Å². The van der Waals surface area contributed by atoms with Gasteiger partial charge in [0.25, 0.3) is 0 Å². The number of hydrogen-bond donors (Lipinski definition) is 3. The van der Waals surface area contributed by atoms with Crippen molar-refractivity contribution >= 4 is 39.8 Å². The summed E-state index contributed by atoms with van der Waals surface area (Å²) in [5, 5.41) is 13.4. The predicted octanol–water partition coefficient (Wildman–Crippen LogP) is 3.12. The number of aromatic carboxylic acids is 1. The SMILES string of the molecule is Cn1c(CNc2ccc(C(N)=S)cc2)cc2cc(C(=O)O)ccc21. The molecule has 0 bridgehead atoms. The molecule has 5 nitrogen and oxygen atoms in total. The molecule has 0 unspecified atom stereocenters. The van der Waals surface area contributed by atoms with E-state index in [0.717, 1.165) is 27.8 Å². The van der Waals surface area contributed by atoms with Crippen LogP contribution in [0.2, 0.25) is 0 Å². The van der Waals surface area contributed by atoms with E-state index in [2.05, 4.69) is 9.88 Å². The van der Waals surface area contributed by atoms with Gasteiger partial charge in [-0.3, -0.25) is 0 Å². The minimum Gasteiger partial charge on any atom is -0.478 e. The lowest BCUT2D eigenvalue weighted by atomic mass is 10.1. The summed E-state index contributed by atoms with van der Waals surface area (Å²) in [7, 11) is 1.97. The molecule has 0 aliphatic heterocycles. The molecule has 24 heavy (non-hydrogen) atoms. The predicted molar refractivity (Wildman–Crippen MR) is 99.5 cm³/mol. The summed E-state index contributed by atoms with van der Waals surface area (Å²) in [6, 6.07) is 14.8. The number of benzene rings is 2. The average Bonchev–Trinajstić information content (AvgIpc) is 2.89. The number of fused-ring (bicyclic) bond motifs is 1. The quantitative estimate of drug-likeness (QED) is 0.622. The van der Waals surface area contributed by atoms with Gasteiger partial charge in [-0.15, -0.1) is 0 Å². The van der Waals surface area contributed by atoms with Crippen LogP contribution in [0.4, 0.5) is 5.69 Å². The first-order chi connectivity index (χ1) is 11.5. The molecule has 0 saturated heterocycles. The van der Waals surface area contributed by atoms with Gasteiger partial charge in [-0.1, -0.05) is 12.2 Å². The van der Waals surface area contributed by atoms with Crippen LogP contribution in [0.15, 0.2) is 48.5 Å². The fourth-order valence-corrected chi connectivity index (χ4v) is 2.79. The number of hydrogen-bond acceptors (Lipinski definition) is 3. The molecule has 0 radical (unpaired) electrons. The van der Waals surface area contributed by atoms with Crippen LogP contribution in [-0.2, 0) is 13.6 Å². The topological polar surface area (TPSA) is 80.3 Å². The number of rotatable bonds is 5. The summed E-state index contributed by atoms with van der Waals surface area (Å²) < 4.78 is 2.05. The molecule has 1 aromatic heterocycles. The Bertz CT molecular complexity index is 929. The van der Waals surface area contributed by atoms with Crippen molar-refractivity contribution < 1.29 is 9.90 Å². The van der Waals surface area contributed by atoms with Crippen molar-refractivity contribution in [3.63, 3.8) is 0 Å². The van der Waals surface area contributed by atoms with Gasteiger partial charge < -0.3 is 20.7 Å². The number of carbonyl (C=O) groups is 1. The second-order valence-corrected chi connectivity index (χ2v) is 6.01. The van der Waals surface area contributed by atoms with E-state index < -0.39 is 5.97 Å². The maximum Gasteiger partial charge on any atom is 0.335 e. The molecule has 3 aromatic rings. The molecule has 122 valence electrons. The summed E-state index contributed by atoms with van der Waals surface area (Å²) in [5.41, 5.74) is 9.74. The fourth-order valence-electron chi connectivity index (χ4n) is 2.65. The molecule has 1 heterocycles. The largest absolute Gasteiger partial charge is 0.478 e. The van der Waals surface area contributed by atoms with Crippen molar-refractivity contribution in [3.8, 4) is 0 Å². The number of nitrogens with two attached hydrogens (primary N) is 1. The molecule has 0 atom stereocenters. The van der Waals surface area contributed by atoms with Gasteiger partial charge in [0.2, 0.25) is 0 Å². The third-order valence-electron chi connectivity index (χ3n) is 4.03. The Morgan fingerprint density at radius 1 is 1.17 bits per heavy atom. The first-order valence-corrected chi connectivity index (χ1v) is 7.82. The Labute approximate surface area is 144 Å². The summed E-state index contributed by atoms with van der Waals surface area (Å²) in [4.78, 5) is 11.5. The highest BCUT2D eigenvalue weighted by Gasteiger charge is 2.09. The lowest BCUT2D eigenvalue weighted by Crippen LogP contribution is -2.09. The maximum absolute atomic E-state index is 11.1. The number of aryl methyl sites for hydroxylation is 1. The Morgan fingerprint density at radius 2 is 1.83 bits per heavy atom. The molecule has 0 saturated carbocycles. The van der Waals surface area contributed by atoms with Gasteiger partial charge in [-0.05, 0) is 48.5 Å². The molecule has 2 aromatic carbocycles. The van der Waals surface area contributed by atoms with Crippen LogP contribution >= 0.6 is 12.2 Å². The van der Waals surface area contributed by atoms with Gasteiger partial charge in [-0.25, -0.2) is 4.79 Å². The van der Waals surface area contributed by atoms with Gasteiger partial charge in [0, 0.05) is 34.9 Å². The zero-order valence-electron chi connectivity index (χ0n) is 13.1.